The standard InChI is InChI=1S/C14H19FN2O.C8H7FO2/c1-18-14-9-11-10(8-12(14)15)2-3-13(11)17-6-4-16-5-7-17;1-11-8-3-2-6(5-10)4-7(8)9/h8-9,13,16H,2-7H2,1H3;2-5H,1H3. The van der Waals surface area contributed by atoms with E-state index in [-0.39, 0.29) is 11.6 Å². The Morgan fingerprint density at radius 3 is 2.34 bits per heavy atom. The first kappa shape index (κ1) is 21.2. The number of nitrogens with one attached hydrogen (secondary N) is 1. The van der Waals surface area contributed by atoms with Crippen LogP contribution in [0.25, 0.3) is 0 Å². The van der Waals surface area contributed by atoms with Gasteiger partial charge in [0.1, 0.15) is 6.29 Å². The quantitative estimate of drug-likeness (QED) is 0.792. The lowest BCUT2D eigenvalue weighted by Gasteiger charge is -2.33. The van der Waals surface area contributed by atoms with Crippen LogP contribution in [0.5, 0.6) is 11.5 Å². The van der Waals surface area contributed by atoms with Gasteiger partial charge < -0.3 is 14.8 Å². The number of benzene rings is 2. The maximum absolute atomic E-state index is 13.7. The number of hydrogen-bond donors (Lipinski definition) is 1. The van der Waals surface area contributed by atoms with Crippen molar-refractivity contribution in [2.75, 3.05) is 40.4 Å². The van der Waals surface area contributed by atoms with Gasteiger partial charge in [0.05, 0.1) is 14.2 Å². The second-order valence-corrected chi connectivity index (χ2v) is 7.04. The molecular formula is C22H26F2N2O3. The molecule has 0 bridgehead atoms. The predicted molar refractivity (Wildman–Crippen MR) is 107 cm³/mol. The van der Waals surface area contributed by atoms with Crippen molar-refractivity contribution in [3.05, 3.63) is 58.7 Å². The first-order valence-corrected chi connectivity index (χ1v) is 9.67. The van der Waals surface area contributed by atoms with Crippen molar-refractivity contribution in [2.24, 2.45) is 0 Å². The summed E-state index contributed by atoms with van der Waals surface area (Å²) >= 11 is 0. The van der Waals surface area contributed by atoms with E-state index in [2.05, 4.69) is 15.0 Å². The predicted octanol–water partition coefficient (Wildman–Crippen LogP) is 3.37. The molecule has 7 heteroatoms. The largest absolute Gasteiger partial charge is 0.494 e. The number of aldehydes is 1. The second-order valence-electron chi connectivity index (χ2n) is 7.04. The zero-order valence-electron chi connectivity index (χ0n) is 16.7. The van der Waals surface area contributed by atoms with Crippen molar-refractivity contribution in [3.8, 4) is 11.5 Å². The molecule has 2 aromatic carbocycles. The van der Waals surface area contributed by atoms with Gasteiger partial charge in [-0.05, 0) is 54.3 Å². The van der Waals surface area contributed by atoms with Gasteiger partial charge in [-0.3, -0.25) is 9.69 Å². The van der Waals surface area contributed by atoms with Crippen LogP contribution in [0, 0.1) is 11.6 Å². The van der Waals surface area contributed by atoms with E-state index in [1.165, 1.54) is 31.9 Å². The summed E-state index contributed by atoms with van der Waals surface area (Å²) in [6.07, 6.45) is 2.66. The first-order valence-electron chi connectivity index (χ1n) is 9.67. The molecule has 1 fully saturated rings. The lowest BCUT2D eigenvalue weighted by atomic mass is 10.1. The van der Waals surface area contributed by atoms with E-state index in [0.29, 0.717) is 23.6 Å². The molecule has 5 nitrogen and oxygen atoms in total. The van der Waals surface area contributed by atoms with Crippen molar-refractivity contribution < 1.29 is 23.0 Å². The molecule has 29 heavy (non-hydrogen) atoms. The van der Waals surface area contributed by atoms with E-state index in [0.717, 1.165) is 50.7 Å². The van der Waals surface area contributed by atoms with Gasteiger partial charge >= 0.3 is 0 Å². The molecule has 0 spiro atoms. The molecular weight excluding hydrogens is 378 g/mol. The lowest BCUT2D eigenvalue weighted by molar-refractivity contribution is 0.112. The fourth-order valence-electron chi connectivity index (χ4n) is 3.87. The number of methoxy groups -OCH3 is 2. The highest BCUT2D eigenvalue weighted by molar-refractivity contribution is 5.74. The third-order valence-electron chi connectivity index (χ3n) is 5.36. The number of aryl methyl sites for hydroxylation is 1. The number of carbonyl (C=O) groups is 1. The number of hydrogen-bond acceptors (Lipinski definition) is 5. The Bertz CT molecular complexity index is 854. The van der Waals surface area contributed by atoms with Gasteiger partial charge in [-0.1, -0.05) is 0 Å². The molecule has 1 unspecified atom stereocenters. The molecule has 1 N–H and O–H groups in total. The molecule has 2 aromatic rings. The summed E-state index contributed by atoms with van der Waals surface area (Å²) in [6, 6.07) is 8.03. The SMILES string of the molecule is COc1cc2c(cc1F)CCC2N1CCNCC1.COc1ccc(C=O)cc1F. The Morgan fingerprint density at radius 2 is 1.72 bits per heavy atom. The third-order valence-corrected chi connectivity index (χ3v) is 5.36. The fraction of sp³-hybridized carbons (Fsp3) is 0.409. The highest BCUT2D eigenvalue weighted by Gasteiger charge is 2.30. The molecule has 1 heterocycles. The highest BCUT2D eigenvalue weighted by atomic mass is 19.1. The van der Waals surface area contributed by atoms with Crippen molar-refractivity contribution >= 4 is 6.29 Å². The maximum Gasteiger partial charge on any atom is 0.165 e. The van der Waals surface area contributed by atoms with E-state index in [9.17, 15) is 13.6 Å². The molecule has 1 aliphatic heterocycles. The van der Waals surface area contributed by atoms with Crippen LogP contribution < -0.4 is 14.8 Å². The third kappa shape index (κ3) is 4.92. The summed E-state index contributed by atoms with van der Waals surface area (Å²) in [7, 11) is 2.90. The number of fused-ring (bicyclic) bond motifs is 1. The zero-order valence-corrected chi connectivity index (χ0v) is 16.7. The van der Waals surface area contributed by atoms with E-state index in [1.807, 2.05) is 6.07 Å². The van der Waals surface area contributed by atoms with Gasteiger partial charge in [0.15, 0.2) is 23.1 Å². The zero-order chi connectivity index (χ0) is 20.8. The summed E-state index contributed by atoms with van der Waals surface area (Å²) in [6.45, 7) is 4.24. The summed E-state index contributed by atoms with van der Waals surface area (Å²) in [5.41, 5.74) is 2.72. The number of rotatable bonds is 4. The molecule has 0 saturated carbocycles. The first-order chi connectivity index (χ1) is 14.1. The van der Waals surface area contributed by atoms with E-state index in [4.69, 9.17) is 4.74 Å². The number of nitrogens with zero attached hydrogens (tertiary/aromatic N) is 1. The monoisotopic (exact) mass is 404 g/mol. The molecule has 1 saturated heterocycles. The van der Waals surface area contributed by atoms with E-state index < -0.39 is 5.82 Å². The summed E-state index contributed by atoms with van der Waals surface area (Å²) in [5.74, 6) is -0.235. The van der Waals surface area contributed by atoms with Crippen LogP contribution in [0.1, 0.15) is 33.9 Å². The van der Waals surface area contributed by atoms with Crippen molar-refractivity contribution in [1.29, 1.82) is 0 Å². The Morgan fingerprint density at radius 1 is 1.03 bits per heavy atom. The van der Waals surface area contributed by atoms with Gasteiger partial charge in [-0.25, -0.2) is 8.78 Å². The fourth-order valence-corrected chi connectivity index (χ4v) is 3.87. The van der Waals surface area contributed by atoms with Gasteiger partial charge in [0.2, 0.25) is 0 Å². The second kappa shape index (κ2) is 9.80. The normalized spacial score (nSPS) is 18.4. The minimum absolute atomic E-state index is 0.149. The molecule has 0 radical (unpaired) electrons. The lowest BCUT2D eigenvalue weighted by Crippen LogP contribution is -2.44. The van der Waals surface area contributed by atoms with Crippen molar-refractivity contribution in [2.45, 2.75) is 18.9 Å². The maximum atomic E-state index is 13.7. The van der Waals surface area contributed by atoms with Crippen molar-refractivity contribution in [1.82, 2.24) is 10.2 Å². The molecule has 2 aliphatic rings. The summed E-state index contributed by atoms with van der Waals surface area (Å²) < 4.78 is 36.2. The van der Waals surface area contributed by atoms with Gasteiger partial charge in [0.25, 0.3) is 0 Å². The van der Waals surface area contributed by atoms with Crippen LogP contribution in [-0.2, 0) is 6.42 Å². The van der Waals surface area contributed by atoms with Crippen LogP contribution in [0.3, 0.4) is 0 Å². The Hall–Kier alpha value is -2.51. The van der Waals surface area contributed by atoms with Crippen LogP contribution in [0.15, 0.2) is 30.3 Å². The molecule has 1 atom stereocenters. The van der Waals surface area contributed by atoms with Crippen LogP contribution in [0.2, 0.25) is 0 Å². The molecule has 156 valence electrons. The average Bonchev–Trinajstić information content (AvgIpc) is 3.16. The topological polar surface area (TPSA) is 50.8 Å². The van der Waals surface area contributed by atoms with Crippen LogP contribution in [-0.4, -0.2) is 51.6 Å². The molecule has 1 aliphatic carbocycles. The summed E-state index contributed by atoms with van der Waals surface area (Å²) in [5, 5.41) is 3.37. The van der Waals surface area contributed by atoms with E-state index in [1.54, 1.807) is 6.07 Å². The van der Waals surface area contributed by atoms with Crippen LogP contribution in [0.4, 0.5) is 8.78 Å². The van der Waals surface area contributed by atoms with E-state index >= 15 is 0 Å². The smallest absolute Gasteiger partial charge is 0.165 e. The molecule has 0 aromatic heterocycles. The highest BCUT2D eigenvalue weighted by Crippen LogP contribution is 2.38. The molecule has 4 rings (SSSR count). The summed E-state index contributed by atoms with van der Waals surface area (Å²) in [4.78, 5) is 12.7. The Balaban J connectivity index is 0.000000188. The average molecular weight is 404 g/mol. The van der Waals surface area contributed by atoms with Crippen molar-refractivity contribution in [3.63, 3.8) is 0 Å². The minimum Gasteiger partial charge on any atom is -0.494 e. The number of piperazine rings is 1. The minimum atomic E-state index is -0.517. The van der Waals surface area contributed by atoms with Gasteiger partial charge in [-0.2, -0.15) is 0 Å². The number of carbonyl (C=O) groups excluding carboxylic acids is 1. The molecule has 0 amide bonds. The Labute approximate surface area is 169 Å². The Kier molecular flexibility index (Phi) is 7.17. The number of halogens is 2. The van der Waals surface area contributed by atoms with Gasteiger partial charge in [0, 0.05) is 37.8 Å². The number of ether oxygens (including phenoxy) is 2. The van der Waals surface area contributed by atoms with Crippen LogP contribution >= 0.6 is 0 Å². The van der Waals surface area contributed by atoms with Gasteiger partial charge in [-0.15, -0.1) is 0 Å².